The molecule has 0 saturated carbocycles. The van der Waals surface area contributed by atoms with Gasteiger partial charge >= 0.3 is 0 Å². The van der Waals surface area contributed by atoms with Crippen LogP contribution < -0.4 is 5.32 Å². The Bertz CT molecular complexity index is 286. The van der Waals surface area contributed by atoms with Crippen molar-refractivity contribution in [2.75, 3.05) is 5.32 Å². The summed E-state index contributed by atoms with van der Waals surface area (Å²) in [5, 5.41) is 11.5. The van der Waals surface area contributed by atoms with E-state index in [2.05, 4.69) is 31.4 Å². The van der Waals surface area contributed by atoms with Crippen molar-refractivity contribution >= 4 is 38.3 Å². The Labute approximate surface area is 82.5 Å². The molecule has 1 rings (SSSR count). The van der Waals surface area contributed by atoms with Crippen LogP contribution in [-0.4, -0.2) is 20.9 Å². The molecule has 1 atom stereocenters. The number of hydrogen-bond donors (Lipinski definition) is 1. The Balaban J connectivity index is 2.58. The highest BCUT2D eigenvalue weighted by molar-refractivity contribution is 9.10. The van der Waals surface area contributed by atoms with Gasteiger partial charge in [-0.05, 0) is 13.8 Å². The molecule has 66 valence electrons. The van der Waals surface area contributed by atoms with E-state index in [9.17, 15) is 4.79 Å². The van der Waals surface area contributed by atoms with Crippen LogP contribution in [0, 0.1) is 6.92 Å². The predicted octanol–water partition coefficient (Wildman–Crippen LogP) is 1.57. The number of carbonyl (C=O) groups excluding carboxylic acids is 1. The smallest absolute Gasteiger partial charge is 0.239 e. The van der Waals surface area contributed by atoms with Crippen LogP contribution in [0.3, 0.4) is 0 Å². The van der Waals surface area contributed by atoms with E-state index in [-0.39, 0.29) is 10.7 Å². The highest BCUT2D eigenvalue weighted by Crippen LogP contribution is 2.14. The average molecular weight is 250 g/mol. The number of anilines is 1. The highest BCUT2D eigenvalue weighted by Gasteiger charge is 2.10. The average Bonchev–Trinajstić information content (AvgIpc) is 2.35. The van der Waals surface area contributed by atoms with Gasteiger partial charge in [0.2, 0.25) is 11.0 Å². The Kier molecular flexibility index (Phi) is 3.16. The summed E-state index contributed by atoms with van der Waals surface area (Å²) in [5.74, 6) is -0.105. The van der Waals surface area contributed by atoms with Gasteiger partial charge in [0, 0.05) is 0 Å². The first-order valence-electron chi connectivity index (χ1n) is 3.34. The fraction of sp³-hybridized carbons (Fsp3) is 0.500. The minimum Gasteiger partial charge on any atom is -0.300 e. The van der Waals surface area contributed by atoms with Crippen molar-refractivity contribution in [3.63, 3.8) is 0 Å². The number of nitrogens with one attached hydrogen (secondary N) is 1. The van der Waals surface area contributed by atoms with Crippen molar-refractivity contribution < 1.29 is 4.79 Å². The molecule has 1 amide bonds. The van der Waals surface area contributed by atoms with E-state index in [1.807, 2.05) is 6.92 Å². The van der Waals surface area contributed by atoms with Crippen molar-refractivity contribution in [3.8, 4) is 0 Å². The van der Waals surface area contributed by atoms with Gasteiger partial charge in [-0.15, -0.1) is 10.2 Å². The van der Waals surface area contributed by atoms with E-state index in [1.165, 1.54) is 11.3 Å². The second-order valence-electron chi connectivity index (χ2n) is 2.23. The third-order valence-corrected chi connectivity index (χ3v) is 2.29. The molecule has 1 aromatic rings. The number of halogens is 1. The number of nitrogens with zero attached hydrogens (tertiary/aromatic N) is 2. The van der Waals surface area contributed by atoms with Crippen LogP contribution in [0.2, 0.25) is 0 Å². The van der Waals surface area contributed by atoms with Crippen molar-refractivity contribution in [2.45, 2.75) is 18.7 Å². The van der Waals surface area contributed by atoms with Crippen LogP contribution in [-0.2, 0) is 4.79 Å². The normalized spacial score (nSPS) is 12.6. The van der Waals surface area contributed by atoms with Gasteiger partial charge in [0.1, 0.15) is 5.01 Å². The first-order chi connectivity index (χ1) is 5.59. The van der Waals surface area contributed by atoms with Crippen LogP contribution in [0.25, 0.3) is 0 Å². The molecule has 0 aromatic carbocycles. The Morgan fingerprint density at radius 2 is 2.33 bits per heavy atom. The molecule has 0 aliphatic carbocycles. The number of carbonyl (C=O) groups is 1. The standard InChI is InChI=1S/C6H8BrN3OS/c1-3(7)5(11)8-6-10-9-4(2)12-6/h3H,1-2H3,(H,8,10,11). The Hall–Kier alpha value is -0.490. The maximum Gasteiger partial charge on any atom is 0.239 e. The van der Waals surface area contributed by atoms with Crippen molar-refractivity contribution in [1.29, 1.82) is 0 Å². The summed E-state index contributed by atoms with van der Waals surface area (Å²) >= 11 is 4.51. The van der Waals surface area contributed by atoms with E-state index >= 15 is 0 Å². The van der Waals surface area contributed by atoms with Gasteiger partial charge in [-0.3, -0.25) is 10.1 Å². The molecular weight excluding hydrogens is 242 g/mol. The molecule has 0 saturated heterocycles. The van der Waals surface area contributed by atoms with E-state index < -0.39 is 0 Å². The van der Waals surface area contributed by atoms with Crippen molar-refractivity contribution in [3.05, 3.63) is 5.01 Å². The summed E-state index contributed by atoms with van der Waals surface area (Å²) in [6.45, 7) is 3.59. The van der Waals surface area contributed by atoms with E-state index in [4.69, 9.17) is 0 Å². The largest absolute Gasteiger partial charge is 0.300 e. The van der Waals surface area contributed by atoms with Gasteiger partial charge in [0.25, 0.3) is 0 Å². The second kappa shape index (κ2) is 3.95. The quantitative estimate of drug-likeness (QED) is 0.810. The second-order valence-corrected chi connectivity index (χ2v) is 4.79. The number of hydrogen-bond acceptors (Lipinski definition) is 4. The van der Waals surface area contributed by atoms with Gasteiger partial charge < -0.3 is 0 Å². The van der Waals surface area contributed by atoms with Gasteiger partial charge in [-0.2, -0.15) is 0 Å². The van der Waals surface area contributed by atoms with Crippen molar-refractivity contribution in [1.82, 2.24) is 10.2 Å². The number of amides is 1. The zero-order chi connectivity index (χ0) is 9.14. The molecule has 1 unspecified atom stereocenters. The molecule has 0 aliphatic heterocycles. The number of aromatic nitrogens is 2. The van der Waals surface area contributed by atoms with Crippen molar-refractivity contribution in [2.24, 2.45) is 0 Å². The molecule has 6 heteroatoms. The molecule has 1 heterocycles. The fourth-order valence-electron chi connectivity index (χ4n) is 0.552. The van der Waals surface area contributed by atoms with E-state index in [0.717, 1.165) is 5.01 Å². The fourth-order valence-corrected chi connectivity index (χ4v) is 1.26. The summed E-state index contributed by atoms with van der Waals surface area (Å²) in [6.07, 6.45) is 0. The molecule has 4 nitrogen and oxygen atoms in total. The van der Waals surface area contributed by atoms with Crippen LogP contribution in [0.1, 0.15) is 11.9 Å². The lowest BCUT2D eigenvalue weighted by Crippen LogP contribution is -2.19. The third kappa shape index (κ3) is 2.53. The Morgan fingerprint density at radius 3 is 2.75 bits per heavy atom. The van der Waals surface area contributed by atoms with E-state index in [1.54, 1.807) is 6.92 Å². The van der Waals surface area contributed by atoms with Crippen LogP contribution >= 0.6 is 27.3 Å². The third-order valence-electron chi connectivity index (χ3n) is 1.12. The molecule has 1 aromatic heterocycles. The van der Waals surface area contributed by atoms with Gasteiger partial charge in [0.05, 0.1) is 4.83 Å². The minimum absolute atomic E-state index is 0.105. The number of rotatable bonds is 2. The first-order valence-corrected chi connectivity index (χ1v) is 5.08. The van der Waals surface area contributed by atoms with Crippen LogP contribution in [0.5, 0.6) is 0 Å². The van der Waals surface area contributed by atoms with Crippen LogP contribution in [0.4, 0.5) is 5.13 Å². The molecule has 0 aliphatic rings. The molecule has 0 fully saturated rings. The van der Waals surface area contributed by atoms with Gasteiger partial charge in [-0.25, -0.2) is 0 Å². The molecule has 0 radical (unpaired) electrons. The maximum atomic E-state index is 11.1. The zero-order valence-corrected chi connectivity index (χ0v) is 9.07. The first kappa shape index (κ1) is 9.60. The molecular formula is C6H8BrN3OS. The van der Waals surface area contributed by atoms with Crippen LogP contribution in [0.15, 0.2) is 0 Å². The maximum absolute atomic E-state index is 11.1. The highest BCUT2D eigenvalue weighted by atomic mass is 79.9. The number of aryl methyl sites for hydroxylation is 1. The summed E-state index contributed by atoms with van der Waals surface area (Å²) in [4.78, 5) is 10.9. The molecule has 0 spiro atoms. The van der Waals surface area contributed by atoms with E-state index in [0.29, 0.717) is 5.13 Å². The lowest BCUT2D eigenvalue weighted by molar-refractivity contribution is -0.115. The summed E-state index contributed by atoms with van der Waals surface area (Å²) in [5.41, 5.74) is 0. The lowest BCUT2D eigenvalue weighted by atomic mass is 10.5. The topological polar surface area (TPSA) is 54.9 Å². The molecule has 1 N–H and O–H groups in total. The monoisotopic (exact) mass is 249 g/mol. The molecule has 12 heavy (non-hydrogen) atoms. The summed E-state index contributed by atoms with van der Waals surface area (Å²) in [7, 11) is 0. The Morgan fingerprint density at radius 1 is 1.67 bits per heavy atom. The summed E-state index contributed by atoms with van der Waals surface area (Å²) in [6, 6.07) is 0. The minimum atomic E-state index is -0.207. The molecule has 0 bridgehead atoms. The van der Waals surface area contributed by atoms with Gasteiger partial charge in [0.15, 0.2) is 0 Å². The van der Waals surface area contributed by atoms with Gasteiger partial charge in [-0.1, -0.05) is 27.3 Å². The zero-order valence-electron chi connectivity index (χ0n) is 6.67. The predicted molar refractivity (Wildman–Crippen MR) is 51.7 cm³/mol. The summed E-state index contributed by atoms with van der Waals surface area (Å²) < 4.78 is 0. The SMILES string of the molecule is Cc1nnc(NC(=O)C(C)Br)s1. The lowest BCUT2D eigenvalue weighted by Gasteiger charge is -2.00. The number of alkyl halides is 1.